The van der Waals surface area contributed by atoms with Crippen LogP contribution < -0.4 is 5.32 Å². The summed E-state index contributed by atoms with van der Waals surface area (Å²) >= 11 is 1.43. The fraction of sp³-hybridized carbons (Fsp3) is 0.292. The Bertz CT molecular complexity index is 1490. The molecule has 1 aliphatic rings. The minimum absolute atomic E-state index is 0.0352. The zero-order valence-corrected chi connectivity index (χ0v) is 20.9. The number of hydrogen-bond acceptors (Lipinski definition) is 8. The van der Waals surface area contributed by atoms with Crippen LogP contribution in [0.5, 0.6) is 0 Å². The van der Waals surface area contributed by atoms with Gasteiger partial charge in [-0.1, -0.05) is 28.6 Å². The molecule has 182 valence electrons. The molecular weight excluding hydrogens is 488 g/mol. The molecule has 1 N–H and O–H groups in total. The third kappa shape index (κ3) is 4.66. The second-order valence-corrected chi connectivity index (χ2v) is 11.3. The molecule has 1 aliphatic heterocycles. The molecule has 11 heteroatoms. The number of rotatable bonds is 6. The molecule has 0 spiro atoms. The Kier molecular flexibility index (Phi) is 6.30. The number of nitrogens with zero attached hydrogens (tertiary/aromatic N) is 3. The third-order valence-corrected chi connectivity index (χ3v) is 9.04. The molecule has 1 fully saturated rings. The van der Waals surface area contributed by atoms with Crippen molar-refractivity contribution in [3.63, 3.8) is 0 Å². The van der Waals surface area contributed by atoms with Gasteiger partial charge in [-0.3, -0.25) is 4.79 Å². The maximum absolute atomic E-state index is 13.4. The van der Waals surface area contributed by atoms with Crippen molar-refractivity contribution in [3.8, 4) is 0 Å². The predicted molar refractivity (Wildman–Crippen MR) is 133 cm³/mol. The highest BCUT2D eigenvalue weighted by Crippen LogP contribution is 2.31. The van der Waals surface area contributed by atoms with Crippen LogP contribution in [-0.4, -0.2) is 41.9 Å². The number of furan rings is 1. The Morgan fingerprint density at radius 2 is 1.97 bits per heavy atom. The maximum Gasteiger partial charge on any atom is 0.248 e. The van der Waals surface area contributed by atoms with Crippen molar-refractivity contribution >= 4 is 54.8 Å². The molecule has 0 saturated carbocycles. The van der Waals surface area contributed by atoms with Crippen molar-refractivity contribution < 1.29 is 22.2 Å². The maximum atomic E-state index is 13.4. The SMILES string of the molecule is Cc1noc(C=Cc2ccco2)c1S(=O)(=O)N1CCC(C(=O)Nc2nc3c(C)cccc3s2)CC1. The fourth-order valence-corrected chi connectivity index (χ4v) is 6.84. The van der Waals surface area contributed by atoms with Crippen molar-refractivity contribution in [2.24, 2.45) is 5.92 Å². The van der Waals surface area contributed by atoms with E-state index < -0.39 is 10.0 Å². The molecule has 9 nitrogen and oxygen atoms in total. The molecule has 1 amide bonds. The number of sulfonamides is 1. The molecule has 35 heavy (non-hydrogen) atoms. The Balaban J connectivity index is 1.26. The molecule has 1 saturated heterocycles. The summed E-state index contributed by atoms with van der Waals surface area (Å²) in [7, 11) is -3.85. The van der Waals surface area contributed by atoms with Crippen LogP contribution in [0.15, 0.2) is 50.4 Å². The lowest BCUT2D eigenvalue weighted by Gasteiger charge is -2.30. The van der Waals surface area contributed by atoms with E-state index in [1.54, 1.807) is 25.1 Å². The number of nitrogens with one attached hydrogen (secondary N) is 1. The highest BCUT2D eigenvalue weighted by atomic mass is 32.2. The number of anilines is 1. The standard InChI is InChI=1S/C24H24N4O5S2/c1-15-5-3-7-20-21(15)25-24(34-20)26-23(29)17-10-12-28(13-11-17)35(30,31)22-16(2)27-33-19(22)9-8-18-6-4-14-32-18/h3-9,14,17H,10-13H2,1-2H3,(H,25,26,29). The Morgan fingerprint density at radius 1 is 1.17 bits per heavy atom. The number of piperidine rings is 1. The lowest BCUT2D eigenvalue weighted by Crippen LogP contribution is -2.41. The second-order valence-electron chi connectivity index (χ2n) is 8.42. The molecule has 0 atom stereocenters. The van der Waals surface area contributed by atoms with E-state index >= 15 is 0 Å². The molecular formula is C24H24N4O5S2. The second kappa shape index (κ2) is 9.40. The topological polar surface area (TPSA) is 119 Å². The summed E-state index contributed by atoms with van der Waals surface area (Å²) in [6.07, 6.45) is 5.51. The van der Waals surface area contributed by atoms with Crippen LogP contribution in [0.2, 0.25) is 0 Å². The lowest BCUT2D eigenvalue weighted by atomic mass is 9.97. The number of benzene rings is 1. The van der Waals surface area contributed by atoms with Crippen molar-refractivity contribution in [2.45, 2.75) is 31.6 Å². The third-order valence-electron chi connectivity index (χ3n) is 6.05. The van der Waals surface area contributed by atoms with Crippen LogP contribution in [0, 0.1) is 19.8 Å². The number of hydrogen-bond donors (Lipinski definition) is 1. The van der Waals surface area contributed by atoms with Gasteiger partial charge in [-0.05, 0) is 62.6 Å². The summed E-state index contributed by atoms with van der Waals surface area (Å²) in [5, 5.41) is 7.33. The number of amides is 1. The highest BCUT2D eigenvalue weighted by molar-refractivity contribution is 7.89. The van der Waals surface area contributed by atoms with E-state index in [-0.39, 0.29) is 41.3 Å². The Hall–Kier alpha value is -3.28. The normalized spacial score (nSPS) is 15.8. The van der Waals surface area contributed by atoms with Crippen LogP contribution in [0.25, 0.3) is 22.4 Å². The molecule has 0 aliphatic carbocycles. The van der Waals surface area contributed by atoms with Crippen molar-refractivity contribution in [3.05, 3.63) is 59.4 Å². The summed E-state index contributed by atoms with van der Waals surface area (Å²) < 4.78 is 39.8. The summed E-state index contributed by atoms with van der Waals surface area (Å²) in [5.41, 5.74) is 2.23. The van der Waals surface area contributed by atoms with Gasteiger partial charge in [0.05, 0.1) is 16.5 Å². The van der Waals surface area contributed by atoms with Gasteiger partial charge in [0.1, 0.15) is 11.5 Å². The van der Waals surface area contributed by atoms with Gasteiger partial charge in [0, 0.05) is 19.0 Å². The molecule has 0 bridgehead atoms. The van der Waals surface area contributed by atoms with Crippen LogP contribution in [0.1, 0.15) is 35.6 Å². The summed E-state index contributed by atoms with van der Waals surface area (Å²) in [4.78, 5) is 17.4. The van der Waals surface area contributed by atoms with Gasteiger partial charge in [0.2, 0.25) is 15.9 Å². The van der Waals surface area contributed by atoms with Crippen molar-refractivity contribution in [1.82, 2.24) is 14.4 Å². The lowest BCUT2D eigenvalue weighted by molar-refractivity contribution is -0.120. The fourth-order valence-electron chi connectivity index (χ4n) is 4.18. The van der Waals surface area contributed by atoms with Crippen LogP contribution in [-0.2, 0) is 14.8 Å². The van der Waals surface area contributed by atoms with Gasteiger partial charge in [-0.2, -0.15) is 4.31 Å². The number of carbonyl (C=O) groups is 1. The van der Waals surface area contributed by atoms with Crippen molar-refractivity contribution in [2.75, 3.05) is 18.4 Å². The smallest absolute Gasteiger partial charge is 0.248 e. The minimum atomic E-state index is -3.85. The van der Waals surface area contributed by atoms with E-state index in [1.807, 2.05) is 25.1 Å². The number of thiazole rings is 1. The van der Waals surface area contributed by atoms with E-state index in [0.717, 1.165) is 15.8 Å². The van der Waals surface area contributed by atoms with E-state index in [0.29, 0.717) is 23.7 Å². The first kappa shape index (κ1) is 23.5. The van der Waals surface area contributed by atoms with Gasteiger partial charge in [0.15, 0.2) is 15.8 Å². The Morgan fingerprint density at radius 3 is 2.69 bits per heavy atom. The first-order valence-corrected chi connectivity index (χ1v) is 13.4. The molecule has 4 aromatic rings. The van der Waals surface area contributed by atoms with E-state index in [9.17, 15) is 13.2 Å². The van der Waals surface area contributed by atoms with Crippen LogP contribution in [0.3, 0.4) is 0 Å². The highest BCUT2D eigenvalue weighted by Gasteiger charge is 2.36. The summed E-state index contributed by atoms with van der Waals surface area (Å²) in [6, 6.07) is 9.41. The molecule has 0 unspecified atom stereocenters. The van der Waals surface area contributed by atoms with Crippen molar-refractivity contribution in [1.29, 1.82) is 0 Å². The monoisotopic (exact) mass is 512 g/mol. The zero-order valence-electron chi connectivity index (χ0n) is 19.2. The molecule has 4 heterocycles. The largest absolute Gasteiger partial charge is 0.465 e. The van der Waals surface area contributed by atoms with Crippen LogP contribution >= 0.6 is 11.3 Å². The van der Waals surface area contributed by atoms with Gasteiger partial charge >= 0.3 is 0 Å². The summed E-state index contributed by atoms with van der Waals surface area (Å²) in [5.74, 6) is 0.279. The molecule has 1 aromatic carbocycles. The van der Waals surface area contributed by atoms with E-state index in [2.05, 4.69) is 15.5 Å². The van der Waals surface area contributed by atoms with Gasteiger partial charge in [-0.25, -0.2) is 13.4 Å². The molecule has 3 aromatic heterocycles. The molecule has 0 radical (unpaired) electrons. The van der Waals surface area contributed by atoms with Gasteiger partial charge < -0.3 is 14.3 Å². The first-order chi connectivity index (χ1) is 16.8. The van der Waals surface area contributed by atoms with Crippen LogP contribution in [0.4, 0.5) is 5.13 Å². The Labute approximate surface area is 206 Å². The number of aromatic nitrogens is 2. The number of aryl methyl sites for hydroxylation is 2. The van der Waals surface area contributed by atoms with E-state index in [4.69, 9.17) is 8.94 Å². The predicted octanol–water partition coefficient (Wildman–Crippen LogP) is 4.70. The van der Waals surface area contributed by atoms with E-state index in [1.165, 1.54) is 28.0 Å². The number of para-hydroxylation sites is 1. The molecule has 5 rings (SSSR count). The zero-order chi connectivity index (χ0) is 24.6. The van der Waals surface area contributed by atoms with Gasteiger partial charge in [-0.15, -0.1) is 0 Å². The van der Waals surface area contributed by atoms with Gasteiger partial charge in [0.25, 0.3) is 0 Å². The minimum Gasteiger partial charge on any atom is -0.465 e. The quantitative estimate of drug-likeness (QED) is 0.398. The average molecular weight is 513 g/mol. The first-order valence-electron chi connectivity index (χ1n) is 11.2. The average Bonchev–Trinajstić information content (AvgIpc) is 3.58. The number of fused-ring (bicyclic) bond motifs is 1. The number of carbonyl (C=O) groups excluding carboxylic acids is 1. The summed E-state index contributed by atoms with van der Waals surface area (Å²) in [6.45, 7) is 4.04.